The molecule has 4 heteroatoms. The molecule has 0 heterocycles. The second-order valence-corrected chi connectivity index (χ2v) is 6.79. The fourth-order valence-corrected chi connectivity index (χ4v) is 2.98. The quantitative estimate of drug-likeness (QED) is 0.661. The van der Waals surface area contributed by atoms with E-state index in [1.807, 2.05) is 74.5 Å². The summed E-state index contributed by atoms with van der Waals surface area (Å²) in [6.07, 6.45) is 0. The van der Waals surface area contributed by atoms with Gasteiger partial charge in [0.05, 0.1) is 12.1 Å². The van der Waals surface area contributed by atoms with Crippen molar-refractivity contribution in [3.8, 4) is 0 Å². The summed E-state index contributed by atoms with van der Waals surface area (Å²) in [5.41, 5.74) is 3.13. The Labute approximate surface area is 165 Å². The molecule has 0 aliphatic carbocycles. The molecule has 0 aliphatic rings. The third kappa shape index (κ3) is 4.86. The number of hydrogen-bond donors (Lipinski definition) is 2. The molecule has 3 rings (SSSR count). The van der Waals surface area contributed by atoms with Gasteiger partial charge in [-0.25, -0.2) is 0 Å². The van der Waals surface area contributed by atoms with E-state index < -0.39 is 0 Å². The summed E-state index contributed by atoms with van der Waals surface area (Å²) in [5, 5.41) is 5.95. The molecule has 4 nitrogen and oxygen atoms in total. The number of rotatable bonds is 6. The predicted molar refractivity (Wildman–Crippen MR) is 111 cm³/mol. The van der Waals surface area contributed by atoms with Crippen molar-refractivity contribution >= 4 is 11.8 Å². The topological polar surface area (TPSA) is 58.2 Å². The van der Waals surface area contributed by atoms with Crippen molar-refractivity contribution in [3.05, 3.63) is 107 Å². The molecule has 142 valence electrons. The number of carbonyl (C=O) groups is 2. The molecule has 0 aliphatic heterocycles. The summed E-state index contributed by atoms with van der Waals surface area (Å²) in [4.78, 5) is 24.9. The SMILES string of the molecule is C[C@H](NC(=O)c1ccc(C(=O)N[C@@H](C)c2ccccc2)cc1)c1ccccc1. The largest absolute Gasteiger partial charge is 0.346 e. The molecule has 2 N–H and O–H groups in total. The number of carbonyl (C=O) groups excluding carboxylic acids is 2. The van der Waals surface area contributed by atoms with Gasteiger partial charge in [-0.1, -0.05) is 60.7 Å². The van der Waals surface area contributed by atoms with Crippen LogP contribution in [-0.2, 0) is 0 Å². The van der Waals surface area contributed by atoms with E-state index in [4.69, 9.17) is 0 Å². The average Bonchev–Trinajstić information content (AvgIpc) is 2.75. The number of benzene rings is 3. The minimum absolute atomic E-state index is 0.0941. The van der Waals surface area contributed by atoms with Crippen molar-refractivity contribution in [2.24, 2.45) is 0 Å². The molecule has 0 aromatic heterocycles. The minimum atomic E-state index is -0.166. The summed E-state index contributed by atoms with van der Waals surface area (Å²) in [6, 6.07) is 26.1. The van der Waals surface area contributed by atoms with E-state index in [0.717, 1.165) is 11.1 Å². The molecular formula is C24H24N2O2. The maximum absolute atomic E-state index is 12.5. The zero-order valence-electron chi connectivity index (χ0n) is 16.1. The molecule has 3 aromatic carbocycles. The van der Waals surface area contributed by atoms with Gasteiger partial charge in [-0.3, -0.25) is 9.59 Å². The van der Waals surface area contributed by atoms with E-state index >= 15 is 0 Å². The molecular weight excluding hydrogens is 348 g/mol. The predicted octanol–water partition coefficient (Wildman–Crippen LogP) is 4.67. The lowest BCUT2D eigenvalue weighted by atomic mass is 10.1. The molecule has 0 fully saturated rings. The number of amides is 2. The Morgan fingerprint density at radius 1 is 0.571 bits per heavy atom. The fraction of sp³-hybridized carbons (Fsp3) is 0.167. The average molecular weight is 372 g/mol. The van der Waals surface area contributed by atoms with Gasteiger partial charge in [0.15, 0.2) is 0 Å². The van der Waals surface area contributed by atoms with Gasteiger partial charge in [-0.2, -0.15) is 0 Å². The summed E-state index contributed by atoms with van der Waals surface area (Å²) < 4.78 is 0. The van der Waals surface area contributed by atoms with Crippen LogP contribution in [0.3, 0.4) is 0 Å². The van der Waals surface area contributed by atoms with Gasteiger partial charge in [-0.15, -0.1) is 0 Å². The monoisotopic (exact) mass is 372 g/mol. The molecule has 28 heavy (non-hydrogen) atoms. The molecule has 0 unspecified atom stereocenters. The summed E-state index contributed by atoms with van der Waals surface area (Å²) in [6.45, 7) is 3.89. The zero-order valence-corrected chi connectivity index (χ0v) is 16.1. The van der Waals surface area contributed by atoms with Crippen LogP contribution in [-0.4, -0.2) is 11.8 Å². The lowest BCUT2D eigenvalue weighted by Crippen LogP contribution is -2.28. The third-order valence-corrected chi connectivity index (χ3v) is 4.70. The van der Waals surface area contributed by atoms with Crippen molar-refractivity contribution in [1.82, 2.24) is 10.6 Å². The van der Waals surface area contributed by atoms with Crippen LogP contribution in [0.5, 0.6) is 0 Å². The van der Waals surface area contributed by atoms with Crippen molar-refractivity contribution < 1.29 is 9.59 Å². The highest BCUT2D eigenvalue weighted by Crippen LogP contribution is 2.14. The lowest BCUT2D eigenvalue weighted by Gasteiger charge is -2.15. The Morgan fingerprint density at radius 3 is 1.21 bits per heavy atom. The molecule has 2 amide bonds. The highest BCUT2D eigenvalue weighted by atomic mass is 16.2. The third-order valence-electron chi connectivity index (χ3n) is 4.70. The smallest absolute Gasteiger partial charge is 0.251 e. The summed E-state index contributed by atoms with van der Waals surface area (Å²) >= 11 is 0. The number of hydrogen-bond acceptors (Lipinski definition) is 2. The first-order valence-corrected chi connectivity index (χ1v) is 9.36. The fourth-order valence-electron chi connectivity index (χ4n) is 2.98. The lowest BCUT2D eigenvalue weighted by molar-refractivity contribution is 0.0927. The van der Waals surface area contributed by atoms with Crippen molar-refractivity contribution in [3.63, 3.8) is 0 Å². The summed E-state index contributed by atoms with van der Waals surface area (Å²) in [7, 11) is 0. The number of nitrogens with one attached hydrogen (secondary N) is 2. The maximum atomic E-state index is 12.5. The van der Waals surface area contributed by atoms with Crippen LogP contribution < -0.4 is 10.6 Å². The molecule has 0 saturated carbocycles. The van der Waals surface area contributed by atoms with Crippen molar-refractivity contribution in [2.75, 3.05) is 0 Å². The van der Waals surface area contributed by atoms with Gasteiger partial charge >= 0.3 is 0 Å². The van der Waals surface area contributed by atoms with E-state index in [9.17, 15) is 9.59 Å². The van der Waals surface area contributed by atoms with Crippen LogP contribution >= 0.6 is 0 Å². The van der Waals surface area contributed by atoms with E-state index in [1.54, 1.807) is 24.3 Å². The Morgan fingerprint density at radius 2 is 0.893 bits per heavy atom. The van der Waals surface area contributed by atoms with Gasteiger partial charge < -0.3 is 10.6 Å². The summed E-state index contributed by atoms with van der Waals surface area (Å²) in [5.74, 6) is -0.332. The molecule has 0 saturated heterocycles. The van der Waals surface area contributed by atoms with Gasteiger partial charge in [0.25, 0.3) is 11.8 Å². The van der Waals surface area contributed by atoms with Crippen LogP contribution in [0.15, 0.2) is 84.9 Å². The van der Waals surface area contributed by atoms with Crippen LogP contribution in [0.1, 0.15) is 57.8 Å². The molecule has 0 spiro atoms. The Hall–Kier alpha value is -3.40. The first-order valence-electron chi connectivity index (χ1n) is 9.36. The first-order chi connectivity index (χ1) is 13.5. The van der Waals surface area contributed by atoms with Gasteiger partial charge in [0, 0.05) is 11.1 Å². The molecule has 3 aromatic rings. The van der Waals surface area contributed by atoms with Crippen LogP contribution in [0.2, 0.25) is 0 Å². The Balaban J connectivity index is 1.61. The van der Waals surface area contributed by atoms with E-state index in [0.29, 0.717) is 11.1 Å². The van der Waals surface area contributed by atoms with Crippen molar-refractivity contribution in [1.29, 1.82) is 0 Å². The Bertz CT molecular complexity index is 843. The normalized spacial score (nSPS) is 12.6. The van der Waals surface area contributed by atoms with E-state index in [1.165, 1.54) is 0 Å². The van der Waals surface area contributed by atoms with Crippen LogP contribution in [0.4, 0.5) is 0 Å². The van der Waals surface area contributed by atoms with Gasteiger partial charge in [-0.05, 0) is 49.2 Å². The Kier molecular flexibility index (Phi) is 6.22. The molecule has 0 bridgehead atoms. The second kappa shape index (κ2) is 9.00. The second-order valence-electron chi connectivity index (χ2n) is 6.79. The molecule has 2 atom stereocenters. The van der Waals surface area contributed by atoms with E-state index in [-0.39, 0.29) is 23.9 Å². The maximum Gasteiger partial charge on any atom is 0.251 e. The standard InChI is InChI=1S/C24H24N2O2/c1-17(19-9-5-3-6-10-19)25-23(27)21-13-15-22(16-14-21)24(28)26-18(2)20-11-7-4-8-12-20/h3-18H,1-2H3,(H,25,27)(H,26,28)/t17-,18-/m0/s1. The van der Waals surface area contributed by atoms with Gasteiger partial charge in [0.1, 0.15) is 0 Å². The van der Waals surface area contributed by atoms with Crippen LogP contribution in [0, 0.1) is 0 Å². The van der Waals surface area contributed by atoms with Crippen LogP contribution in [0.25, 0.3) is 0 Å². The first kappa shape index (κ1) is 19.4. The van der Waals surface area contributed by atoms with E-state index in [2.05, 4.69) is 10.6 Å². The van der Waals surface area contributed by atoms with Gasteiger partial charge in [0.2, 0.25) is 0 Å². The molecule has 0 radical (unpaired) electrons. The van der Waals surface area contributed by atoms with Crippen molar-refractivity contribution in [2.45, 2.75) is 25.9 Å². The highest BCUT2D eigenvalue weighted by molar-refractivity contribution is 5.98. The zero-order chi connectivity index (χ0) is 19.9. The minimum Gasteiger partial charge on any atom is -0.346 e. The highest BCUT2D eigenvalue weighted by Gasteiger charge is 2.14.